The molecule has 0 saturated carbocycles. The summed E-state index contributed by atoms with van der Waals surface area (Å²) in [5.41, 5.74) is 2.84. The molecule has 1 N–H and O–H groups in total. The smallest absolute Gasteiger partial charge is 0.216 e. The summed E-state index contributed by atoms with van der Waals surface area (Å²) >= 11 is 5.80. The molecule has 0 aliphatic carbocycles. The average Bonchev–Trinajstić information content (AvgIpc) is 2.91. The van der Waals surface area contributed by atoms with Crippen LogP contribution in [0.1, 0.15) is 29.7 Å². The summed E-state index contributed by atoms with van der Waals surface area (Å²) in [5.74, 6) is -0.0480. The van der Waals surface area contributed by atoms with E-state index in [0.29, 0.717) is 17.1 Å². The zero-order valence-electron chi connectivity index (χ0n) is 12.1. The topological polar surface area (TPSA) is 64.0 Å². The number of benzene rings is 1. The SMILES string of the molecule is O=S(=O)(Cc1ccc(Cl)cc1)NCc1cnn2c1CCCC2. The minimum atomic E-state index is -3.38. The lowest BCUT2D eigenvalue weighted by Crippen LogP contribution is -2.25. The van der Waals surface area contributed by atoms with Gasteiger partial charge in [-0.3, -0.25) is 4.68 Å². The molecule has 0 unspecified atom stereocenters. The molecule has 1 aliphatic heterocycles. The van der Waals surface area contributed by atoms with Gasteiger partial charge >= 0.3 is 0 Å². The van der Waals surface area contributed by atoms with Gasteiger partial charge in [-0.2, -0.15) is 5.10 Å². The number of aryl methyl sites for hydroxylation is 1. The Labute approximate surface area is 135 Å². The Morgan fingerprint density at radius 2 is 2.00 bits per heavy atom. The molecular formula is C15H18ClN3O2S. The molecule has 1 aromatic heterocycles. The first-order chi connectivity index (χ1) is 10.5. The van der Waals surface area contributed by atoms with Gasteiger partial charge in [0, 0.05) is 29.4 Å². The molecule has 5 nitrogen and oxygen atoms in total. The van der Waals surface area contributed by atoms with Crippen LogP contribution in [0.5, 0.6) is 0 Å². The fourth-order valence-corrected chi connectivity index (χ4v) is 3.91. The number of nitrogens with zero attached hydrogens (tertiary/aromatic N) is 2. The summed E-state index contributed by atoms with van der Waals surface area (Å²) in [6.07, 6.45) is 5.01. The Morgan fingerprint density at radius 1 is 1.23 bits per heavy atom. The third-order valence-electron chi connectivity index (χ3n) is 3.82. The van der Waals surface area contributed by atoms with E-state index in [9.17, 15) is 8.42 Å². The summed E-state index contributed by atoms with van der Waals surface area (Å²) in [5, 5.41) is 4.92. The molecule has 1 aromatic carbocycles. The van der Waals surface area contributed by atoms with Crippen molar-refractivity contribution in [2.24, 2.45) is 0 Å². The van der Waals surface area contributed by atoms with Gasteiger partial charge in [-0.25, -0.2) is 13.1 Å². The molecule has 0 fully saturated rings. The summed E-state index contributed by atoms with van der Waals surface area (Å²) in [7, 11) is -3.38. The fourth-order valence-electron chi connectivity index (χ4n) is 2.67. The molecule has 0 amide bonds. The number of rotatable bonds is 5. The van der Waals surface area contributed by atoms with Gasteiger partial charge in [0.15, 0.2) is 0 Å². The van der Waals surface area contributed by atoms with Crippen LogP contribution in [0, 0.1) is 0 Å². The van der Waals surface area contributed by atoms with E-state index in [1.54, 1.807) is 30.5 Å². The lowest BCUT2D eigenvalue weighted by molar-refractivity contribution is 0.484. The molecule has 1 aliphatic rings. The predicted molar refractivity (Wildman–Crippen MR) is 86.1 cm³/mol. The van der Waals surface area contributed by atoms with Crippen LogP contribution in [0.25, 0.3) is 0 Å². The second-order valence-corrected chi connectivity index (χ2v) is 7.75. The monoisotopic (exact) mass is 339 g/mol. The number of hydrogen-bond donors (Lipinski definition) is 1. The number of aromatic nitrogens is 2. The van der Waals surface area contributed by atoms with Crippen LogP contribution in [0.15, 0.2) is 30.5 Å². The average molecular weight is 340 g/mol. The Balaban J connectivity index is 1.65. The van der Waals surface area contributed by atoms with Crippen molar-refractivity contribution in [3.05, 3.63) is 52.3 Å². The molecule has 0 spiro atoms. The number of hydrogen-bond acceptors (Lipinski definition) is 3. The fraction of sp³-hybridized carbons (Fsp3) is 0.400. The van der Waals surface area contributed by atoms with E-state index in [-0.39, 0.29) is 5.75 Å². The highest BCUT2D eigenvalue weighted by Crippen LogP contribution is 2.18. The van der Waals surface area contributed by atoms with Crippen LogP contribution in [-0.4, -0.2) is 18.2 Å². The number of nitrogens with one attached hydrogen (secondary N) is 1. The molecule has 22 heavy (non-hydrogen) atoms. The van der Waals surface area contributed by atoms with Crippen molar-refractivity contribution in [3.63, 3.8) is 0 Å². The number of fused-ring (bicyclic) bond motifs is 1. The summed E-state index contributed by atoms with van der Waals surface area (Å²) in [4.78, 5) is 0. The zero-order valence-corrected chi connectivity index (χ0v) is 13.7. The van der Waals surface area contributed by atoms with Crippen molar-refractivity contribution in [1.82, 2.24) is 14.5 Å². The molecule has 7 heteroatoms. The first-order valence-corrected chi connectivity index (χ1v) is 9.32. The van der Waals surface area contributed by atoms with Gasteiger partial charge in [0.2, 0.25) is 10.0 Å². The summed E-state index contributed by atoms with van der Waals surface area (Å²) in [6, 6.07) is 6.84. The molecule has 118 valence electrons. The molecule has 0 radical (unpaired) electrons. The van der Waals surface area contributed by atoms with E-state index in [2.05, 4.69) is 9.82 Å². The quantitative estimate of drug-likeness (QED) is 0.910. The maximum atomic E-state index is 12.2. The van der Waals surface area contributed by atoms with Gasteiger partial charge in [0.25, 0.3) is 0 Å². The summed E-state index contributed by atoms with van der Waals surface area (Å²) in [6.45, 7) is 1.22. The van der Waals surface area contributed by atoms with Gasteiger partial charge in [-0.15, -0.1) is 0 Å². The van der Waals surface area contributed by atoms with Crippen LogP contribution in [0.4, 0.5) is 0 Å². The largest absolute Gasteiger partial charge is 0.269 e. The van der Waals surface area contributed by atoms with Crippen LogP contribution >= 0.6 is 11.6 Å². The first kappa shape index (κ1) is 15.5. The van der Waals surface area contributed by atoms with Crippen LogP contribution in [0.2, 0.25) is 5.02 Å². The zero-order chi connectivity index (χ0) is 15.6. The van der Waals surface area contributed by atoms with Crippen LogP contribution in [-0.2, 0) is 35.3 Å². The van der Waals surface area contributed by atoms with Crippen molar-refractivity contribution >= 4 is 21.6 Å². The van der Waals surface area contributed by atoms with E-state index >= 15 is 0 Å². The van der Waals surface area contributed by atoms with E-state index in [1.807, 2.05) is 4.68 Å². The minimum Gasteiger partial charge on any atom is -0.269 e. The number of sulfonamides is 1. The van der Waals surface area contributed by atoms with E-state index in [0.717, 1.165) is 37.1 Å². The first-order valence-electron chi connectivity index (χ1n) is 7.29. The molecule has 3 rings (SSSR count). The Kier molecular flexibility index (Phi) is 4.52. The molecule has 0 saturated heterocycles. The lowest BCUT2D eigenvalue weighted by Gasteiger charge is -2.15. The second kappa shape index (κ2) is 6.40. The molecular weight excluding hydrogens is 322 g/mol. The van der Waals surface area contributed by atoms with Crippen LogP contribution < -0.4 is 4.72 Å². The Hall–Kier alpha value is -1.37. The van der Waals surface area contributed by atoms with E-state index in [1.165, 1.54) is 0 Å². The van der Waals surface area contributed by atoms with Crippen molar-refractivity contribution in [3.8, 4) is 0 Å². The van der Waals surface area contributed by atoms with Gasteiger partial charge in [0.05, 0.1) is 11.9 Å². The maximum Gasteiger partial charge on any atom is 0.216 e. The minimum absolute atomic E-state index is 0.0480. The second-order valence-electron chi connectivity index (χ2n) is 5.50. The molecule has 0 bridgehead atoms. The van der Waals surface area contributed by atoms with E-state index < -0.39 is 10.0 Å². The lowest BCUT2D eigenvalue weighted by atomic mass is 10.1. The highest BCUT2D eigenvalue weighted by molar-refractivity contribution is 7.88. The molecule has 2 heterocycles. The molecule has 0 atom stereocenters. The van der Waals surface area contributed by atoms with Crippen molar-refractivity contribution in [1.29, 1.82) is 0 Å². The molecule has 2 aromatic rings. The van der Waals surface area contributed by atoms with Crippen molar-refractivity contribution in [2.75, 3.05) is 0 Å². The van der Waals surface area contributed by atoms with Gasteiger partial charge in [-0.05, 0) is 37.0 Å². The number of halogens is 1. The van der Waals surface area contributed by atoms with Gasteiger partial charge in [-0.1, -0.05) is 23.7 Å². The highest BCUT2D eigenvalue weighted by Gasteiger charge is 2.17. The third-order valence-corrected chi connectivity index (χ3v) is 5.37. The Morgan fingerprint density at radius 3 is 2.77 bits per heavy atom. The van der Waals surface area contributed by atoms with Gasteiger partial charge in [0.1, 0.15) is 0 Å². The van der Waals surface area contributed by atoms with Crippen molar-refractivity contribution in [2.45, 2.75) is 38.1 Å². The third kappa shape index (κ3) is 3.69. The van der Waals surface area contributed by atoms with Crippen LogP contribution in [0.3, 0.4) is 0 Å². The summed E-state index contributed by atoms with van der Waals surface area (Å²) < 4.78 is 29.0. The van der Waals surface area contributed by atoms with Gasteiger partial charge < -0.3 is 0 Å². The van der Waals surface area contributed by atoms with Crippen molar-refractivity contribution < 1.29 is 8.42 Å². The Bertz CT molecular complexity index is 754. The standard InChI is InChI=1S/C15H18ClN3O2S/c16-14-6-4-12(5-7-14)11-22(20,21)18-10-13-9-17-19-8-2-1-3-15(13)19/h4-7,9,18H,1-3,8,10-11H2. The normalized spacial score (nSPS) is 14.8. The predicted octanol–water partition coefficient (Wildman–Crippen LogP) is 2.49. The van der Waals surface area contributed by atoms with E-state index in [4.69, 9.17) is 11.6 Å². The maximum absolute atomic E-state index is 12.2. The highest BCUT2D eigenvalue weighted by atomic mass is 35.5.